The predicted octanol–water partition coefficient (Wildman–Crippen LogP) is 1.19. The van der Waals surface area contributed by atoms with E-state index in [1.807, 2.05) is 20.8 Å². The molecule has 0 bridgehead atoms. The zero-order valence-corrected chi connectivity index (χ0v) is 13.3. The maximum Gasteiger partial charge on any atom is 0.227 e. The van der Waals surface area contributed by atoms with Crippen molar-refractivity contribution in [2.75, 3.05) is 19.6 Å². The van der Waals surface area contributed by atoms with Crippen molar-refractivity contribution in [3.8, 4) is 0 Å². The number of nitrogens with one attached hydrogen (secondary N) is 3. The Hall–Kier alpha value is -1.10. The Morgan fingerprint density at radius 3 is 2.50 bits per heavy atom. The van der Waals surface area contributed by atoms with Gasteiger partial charge in [0.2, 0.25) is 11.8 Å². The van der Waals surface area contributed by atoms with E-state index in [0.717, 1.165) is 32.4 Å². The highest BCUT2D eigenvalue weighted by Crippen LogP contribution is 2.31. The monoisotopic (exact) mass is 283 g/mol. The summed E-state index contributed by atoms with van der Waals surface area (Å²) in [7, 11) is 0. The van der Waals surface area contributed by atoms with E-state index in [1.165, 1.54) is 0 Å². The molecule has 1 aliphatic rings. The van der Waals surface area contributed by atoms with Gasteiger partial charge in [-0.3, -0.25) is 9.59 Å². The van der Waals surface area contributed by atoms with E-state index < -0.39 is 0 Å². The third-order valence-electron chi connectivity index (χ3n) is 3.61. The highest BCUT2D eigenvalue weighted by Gasteiger charge is 2.39. The van der Waals surface area contributed by atoms with Gasteiger partial charge in [-0.05, 0) is 40.2 Å². The minimum Gasteiger partial charge on any atom is -0.355 e. The Balaban J connectivity index is 2.37. The normalized spacial score (nSPS) is 22.6. The van der Waals surface area contributed by atoms with Crippen LogP contribution < -0.4 is 16.0 Å². The molecule has 1 atom stereocenters. The lowest BCUT2D eigenvalue weighted by Gasteiger charge is -2.26. The van der Waals surface area contributed by atoms with Crippen LogP contribution in [0.15, 0.2) is 0 Å². The number of amides is 2. The Kier molecular flexibility index (Phi) is 5.99. The van der Waals surface area contributed by atoms with Crippen LogP contribution >= 0.6 is 0 Å². The average molecular weight is 283 g/mol. The summed E-state index contributed by atoms with van der Waals surface area (Å²) in [4.78, 5) is 24.0. The highest BCUT2D eigenvalue weighted by atomic mass is 16.2. The molecule has 1 rings (SSSR count). The summed E-state index contributed by atoms with van der Waals surface area (Å²) in [5.41, 5.74) is -0.491. The van der Waals surface area contributed by atoms with Gasteiger partial charge in [0.05, 0.1) is 5.41 Å². The maximum absolute atomic E-state index is 12.3. The molecule has 0 aromatic heterocycles. The topological polar surface area (TPSA) is 70.2 Å². The minimum atomic E-state index is -0.269. The summed E-state index contributed by atoms with van der Waals surface area (Å²) in [6.07, 6.45) is 3.12. The lowest BCUT2D eigenvalue weighted by molar-refractivity contribution is -0.130. The lowest BCUT2D eigenvalue weighted by atomic mass is 9.81. The molecule has 0 aromatic rings. The number of hydrogen-bond acceptors (Lipinski definition) is 3. The fourth-order valence-corrected chi connectivity index (χ4v) is 2.70. The molecule has 2 amide bonds. The molecule has 0 saturated carbocycles. The Labute approximate surface area is 122 Å². The Morgan fingerprint density at radius 1 is 1.30 bits per heavy atom. The maximum atomic E-state index is 12.3. The summed E-state index contributed by atoms with van der Waals surface area (Å²) < 4.78 is 0. The SMILES string of the molecule is CCCC1(C(=O)NCCC(=O)NC(C)(C)C)CCNC1. The smallest absolute Gasteiger partial charge is 0.227 e. The fourth-order valence-electron chi connectivity index (χ4n) is 2.70. The van der Waals surface area contributed by atoms with Gasteiger partial charge in [0.15, 0.2) is 0 Å². The zero-order chi connectivity index (χ0) is 15.2. The van der Waals surface area contributed by atoms with Gasteiger partial charge in [0.25, 0.3) is 0 Å². The number of hydrogen-bond donors (Lipinski definition) is 3. The number of carbonyl (C=O) groups excluding carboxylic acids is 2. The molecule has 1 saturated heterocycles. The van der Waals surface area contributed by atoms with Gasteiger partial charge in [0, 0.05) is 25.0 Å². The van der Waals surface area contributed by atoms with Gasteiger partial charge in [0.1, 0.15) is 0 Å². The van der Waals surface area contributed by atoms with Crippen LogP contribution in [0.1, 0.15) is 53.4 Å². The van der Waals surface area contributed by atoms with Gasteiger partial charge in [-0.25, -0.2) is 0 Å². The molecule has 1 heterocycles. The molecular weight excluding hydrogens is 254 g/mol. The first-order chi connectivity index (χ1) is 9.29. The van der Waals surface area contributed by atoms with E-state index in [4.69, 9.17) is 0 Å². The van der Waals surface area contributed by atoms with E-state index in [1.54, 1.807) is 0 Å². The summed E-state index contributed by atoms with van der Waals surface area (Å²) in [6, 6.07) is 0. The van der Waals surface area contributed by atoms with Gasteiger partial charge in [-0.15, -0.1) is 0 Å². The third-order valence-corrected chi connectivity index (χ3v) is 3.61. The Bertz CT molecular complexity index is 342. The van der Waals surface area contributed by atoms with E-state index in [0.29, 0.717) is 13.0 Å². The van der Waals surface area contributed by atoms with Crippen LogP contribution in [-0.4, -0.2) is 37.0 Å². The first kappa shape index (κ1) is 17.0. The largest absolute Gasteiger partial charge is 0.355 e. The second-order valence-electron chi connectivity index (χ2n) is 6.76. The summed E-state index contributed by atoms with van der Waals surface area (Å²) in [6.45, 7) is 10.0. The average Bonchev–Trinajstić information content (AvgIpc) is 2.76. The van der Waals surface area contributed by atoms with E-state index in [2.05, 4.69) is 22.9 Å². The molecule has 1 unspecified atom stereocenters. The molecule has 0 radical (unpaired) electrons. The lowest BCUT2D eigenvalue weighted by Crippen LogP contribution is -2.45. The van der Waals surface area contributed by atoms with Crippen molar-refractivity contribution in [1.29, 1.82) is 0 Å². The van der Waals surface area contributed by atoms with E-state index in [9.17, 15) is 9.59 Å². The molecule has 0 aromatic carbocycles. The summed E-state index contributed by atoms with van der Waals surface area (Å²) >= 11 is 0. The summed E-state index contributed by atoms with van der Waals surface area (Å²) in [5, 5.41) is 9.09. The van der Waals surface area contributed by atoms with Gasteiger partial charge in [-0.1, -0.05) is 13.3 Å². The van der Waals surface area contributed by atoms with Crippen molar-refractivity contribution in [2.24, 2.45) is 5.41 Å². The van der Waals surface area contributed by atoms with Crippen molar-refractivity contribution in [3.05, 3.63) is 0 Å². The first-order valence-electron chi connectivity index (χ1n) is 7.59. The second kappa shape index (κ2) is 7.07. The van der Waals surface area contributed by atoms with E-state index >= 15 is 0 Å². The molecule has 0 aliphatic carbocycles. The van der Waals surface area contributed by atoms with Crippen LogP contribution in [0.4, 0.5) is 0 Å². The predicted molar refractivity (Wildman–Crippen MR) is 80.4 cm³/mol. The minimum absolute atomic E-state index is 0.0214. The van der Waals surface area contributed by atoms with Gasteiger partial charge >= 0.3 is 0 Å². The van der Waals surface area contributed by atoms with Crippen LogP contribution in [0.3, 0.4) is 0 Å². The van der Waals surface area contributed by atoms with E-state index in [-0.39, 0.29) is 22.8 Å². The highest BCUT2D eigenvalue weighted by molar-refractivity contribution is 5.84. The van der Waals surface area contributed by atoms with Gasteiger partial charge in [-0.2, -0.15) is 0 Å². The number of carbonyl (C=O) groups is 2. The van der Waals surface area contributed by atoms with Crippen LogP contribution in [0.5, 0.6) is 0 Å². The Morgan fingerprint density at radius 2 is 2.00 bits per heavy atom. The standard InChI is InChI=1S/C15H29N3O2/c1-5-7-15(8-10-16-11-15)13(20)17-9-6-12(19)18-14(2,3)4/h16H,5-11H2,1-4H3,(H,17,20)(H,18,19). The molecular formula is C15H29N3O2. The molecule has 20 heavy (non-hydrogen) atoms. The molecule has 5 heteroatoms. The molecule has 116 valence electrons. The molecule has 3 N–H and O–H groups in total. The number of rotatable bonds is 6. The van der Waals surface area contributed by atoms with Crippen molar-refractivity contribution in [1.82, 2.24) is 16.0 Å². The van der Waals surface area contributed by atoms with Crippen molar-refractivity contribution in [2.45, 2.75) is 58.9 Å². The first-order valence-corrected chi connectivity index (χ1v) is 7.59. The van der Waals surface area contributed by atoms with Gasteiger partial charge < -0.3 is 16.0 Å². The van der Waals surface area contributed by atoms with Crippen molar-refractivity contribution in [3.63, 3.8) is 0 Å². The molecule has 1 aliphatic heterocycles. The molecule has 1 fully saturated rings. The fraction of sp³-hybridized carbons (Fsp3) is 0.867. The van der Waals surface area contributed by atoms with Crippen LogP contribution in [0, 0.1) is 5.41 Å². The summed E-state index contributed by atoms with van der Waals surface area (Å²) in [5.74, 6) is 0.0693. The third kappa shape index (κ3) is 5.12. The quantitative estimate of drug-likeness (QED) is 0.686. The molecule has 5 nitrogen and oxygen atoms in total. The van der Waals surface area contributed by atoms with Crippen molar-refractivity contribution < 1.29 is 9.59 Å². The van der Waals surface area contributed by atoms with Crippen molar-refractivity contribution >= 4 is 11.8 Å². The second-order valence-corrected chi connectivity index (χ2v) is 6.76. The van der Waals surface area contributed by atoms with Crippen LogP contribution in [-0.2, 0) is 9.59 Å². The molecule has 0 spiro atoms. The zero-order valence-electron chi connectivity index (χ0n) is 13.3. The van der Waals surface area contributed by atoms with Crippen LogP contribution in [0.2, 0.25) is 0 Å². The van der Waals surface area contributed by atoms with Crippen LogP contribution in [0.25, 0.3) is 0 Å².